The maximum atomic E-state index is 13.0. The van der Waals surface area contributed by atoms with Crippen molar-refractivity contribution in [2.24, 2.45) is 5.92 Å². The van der Waals surface area contributed by atoms with Crippen molar-refractivity contribution < 1.29 is 13.2 Å². The molecule has 0 radical (unpaired) electrons. The number of piperidine rings is 1. The number of carbonyl (C=O) groups excluding carboxylic acids is 1. The molecule has 5 nitrogen and oxygen atoms in total. The van der Waals surface area contributed by atoms with E-state index in [1.54, 1.807) is 0 Å². The third-order valence-electron chi connectivity index (χ3n) is 4.67. The van der Waals surface area contributed by atoms with Crippen LogP contribution in [0.4, 0.5) is 5.69 Å². The van der Waals surface area contributed by atoms with Crippen LogP contribution >= 0.6 is 23.2 Å². The third kappa shape index (κ3) is 4.46. The lowest BCUT2D eigenvalue weighted by molar-refractivity contribution is -0.120. The molecule has 1 heterocycles. The summed E-state index contributed by atoms with van der Waals surface area (Å²) < 4.78 is 27.3. The van der Waals surface area contributed by atoms with E-state index in [9.17, 15) is 13.2 Å². The van der Waals surface area contributed by atoms with E-state index in [1.807, 2.05) is 31.2 Å². The van der Waals surface area contributed by atoms with Gasteiger partial charge in [-0.05, 0) is 49.6 Å². The maximum absolute atomic E-state index is 13.0. The number of hydrogen-bond acceptors (Lipinski definition) is 3. The zero-order chi connectivity index (χ0) is 19.6. The number of nitrogens with one attached hydrogen (secondary N) is 1. The minimum atomic E-state index is -3.83. The van der Waals surface area contributed by atoms with Gasteiger partial charge in [0.05, 0.1) is 10.9 Å². The molecule has 1 aliphatic heterocycles. The first-order chi connectivity index (χ1) is 12.8. The van der Waals surface area contributed by atoms with Crippen LogP contribution in [-0.2, 0) is 14.8 Å². The molecule has 1 atom stereocenters. The van der Waals surface area contributed by atoms with E-state index in [-0.39, 0.29) is 22.4 Å². The number of aryl methyl sites for hydroxylation is 1. The standard InChI is InChI=1S/C19H20Cl2N2O3S/c1-13-5-2-3-7-17(13)22-19(24)14-6-4-10-23(12-14)27(25,26)18-11-15(20)8-9-16(18)21/h2-3,5,7-9,11,14H,4,6,10,12H2,1H3,(H,22,24)/t14-/m0/s1. The summed E-state index contributed by atoms with van der Waals surface area (Å²) in [5.41, 5.74) is 1.69. The van der Waals surface area contributed by atoms with Gasteiger partial charge in [0.1, 0.15) is 4.90 Å². The highest BCUT2D eigenvalue weighted by molar-refractivity contribution is 7.89. The molecule has 0 unspecified atom stereocenters. The summed E-state index contributed by atoms with van der Waals surface area (Å²) in [5.74, 6) is -0.604. The number of amides is 1. The largest absolute Gasteiger partial charge is 0.326 e. The van der Waals surface area contributed by atoms with Gasteiger partial charge in [0.25, 0.3) is 0 Å². The molecule has 27 heavy (non-hydrogen) atoms. The molecular weight excluding hydrogens is 407 g/mol. The predicted octanol–water partition coefficient (Wildman–Crippen LogP) is 4.34. The number of para-hydroxylation sites is 1. The van der Waals surface area contributed by atoms with Crippen LogP contribution in [0.5, 0.6) is 0 Å². The highest BCUT2D eigenvalue weighted by Gasteiger charge is 2.34. The van der Waals surface area contributed by atoms with E-state index < -0.39 is 15.9 Å². The number of carbonyl (C=O) groups is 1. The SMILES string of the molecule is Cc1ccccc1NC(=O)[C@H]1CCCN(S(=O)(=O)c2cc(Cl)ccc2Cl)C1. The fraction of sp³-hybridized carbons (Fsp3) is 0.316. The lowest BCUT2D eigenvalue weighted by atomic mass is 9.98. The number of rotatable bonds is 4. The number of hydrogen-bond donors (Lipinski definition) is 1. The molecule has 0 aromatic heterocycles. The Hall–Kier alpha value is -1.60. The number of anilines is 1. The van der Waals surface area contributed by atoms with Crippen molar-refractivity contribution in [3.05, 3.63) is 58.1 Å². The Morgan fingerprint density at radius 1 is 1.19 bits per heavy atom. The summed E-state index contributed by atoms with van der Waals surface area (Å²) in [4.78, 5) is 12.6. The molecule has 0 saturated carbocycles. The molecular formula is C19H20Cl2N2O3S. The van der Waals surface area contributed by atoms with Crippen LogP contribution in [0.3, 0.4) is 0 Å². The Kier molecular flexibility index (Phi) is 6.11. The van der Waals surface area contributed by atoms with E-state index in [1.165, 1.54) is 22.5 Å². The normalized spacial score (nSPS) is 18.3. The van der Waals surface area contributed by atoms with Crippen LogP contribution in [0.25, 0.3) is 0 Å². The molecule has 0 spiro atoms. The van der Waals surface area contributed by atoms with Crippen LogP contribution in [-0.4, -0.2) is 31.7 Å². The first kappa shape index (κ1) is 20.1. The molecule has 1 amide bonds. The number of nitrogens with zero attached hydrogens (tertiary/aromatic N) is 1. The van der Waals surface area contributed by atoms with Gasteiger partial charge in [-0.1, -0.05) is 41.4 Å². The van der Waals surface area contributed by atoms with Gasteiger partial charge in [0.15, 0.2) is 0 Å². The molecule has 2 aromatic carbocycles. The monoisotopic (exact) mass is 426 g/mol. The molecule has 1 aliphatic rings. The Bertz CT molecular complexity index is 963. The second-order valence-corrected chi connectivity index (χ2v) is 9.33. The molecule has 8 heteroatoms. The van der Waals surface area contributed by atoms with Crippen LogP contribution in [0.1, 0.15) is 18.4 Å². The van der Waals surface area contributed by atoms with Crippen molar-refractivity contribution in [1.29, 1.82) is 0 Å². The van der Waals surface area contributed by atoms with Crippen molar-refractivity contribution >= 4 is 44.8 Å². The molecule has 1 saturated heterocycles. The van der Waals surface area contributed by atoms with Gasteiger partial charge < -0.3 is 5.32 Å². The lowest BCUT2D eigenvalue weighted by Gasteiger charge is -2.31. The maximum Gasteiger partial charge on any atom is 0.244 e. The first-order valence-electron chi connectivity index (χ1n) is 8.61. The summed E-state index contributed by atoms with van der Waals surface area (Å²) in [7, 11) is -3.83. The number of sulfonamides is 1. The highest BCUT2D eigenvalue weighted by Crippen LogP contribution is 2.30. The van der Waals surface area contributed by atoms with Gasteiger partial charge in [-0.2, -0.15) is 4.31 Å². The van der Waals surface area contributed by atoms with E-state index in [0.717, 1.165) is 11.3 Å². The molecule has 144 valence electrons. The van der Waals surface area contributed by atoms with Gasteiger partial charge in [0, 0.05) is 23.8 Å². The zero-order valence-corrected chi connectivity index (χ0v) is 17.1. The van der Waals surface area contributed by atoms with Crippen LogP contribution < -0.4 is 5.32 Å². The molecule has 1 N–H and O–H groups in total. The smallest absolute Gasteiger partial charge is 0.244 e. The number of benzene rings is 2. The molecule has 0 aliphatic carbocycles. The molecule has 3 rings (SSSR count). The second kappa shape index (κ2) is 8.19. The average molecular weight is 427 g/mol. The fourth-order valence-electron chi connectivity index (χ4n) is 3.14. The van der Waals surface area contributed by atoms with E-state index in [4.69, 9.17) is 23.2 Å². The molecule has 2 aromatic rings. The Labute approximate surface area is 169 Å². The van der Waals surface area contributed by atoms with Crippen LogP contribution in [0, 0.1) is 12.8 Å². The van der Waals surface area contributed by atoms with Crippen molar-refractivity contribution in [3.63, 3.8) is 0 Å². The zero-order valence-electron chi connectivity index (χ0n) is 14.8. The van der Waals surface area contributed by atoms with Crippen molar-refractivity contribution in [2.75, 3.05) is 18.4 Å². The summed E-state index contributed by atoms with van der Waals surface area (Å²) in [6, 6.07) is 11.8. The molecule has 1 fully saturated rings. The third-order valence-corrected chi connectivity index (χ3v) is 7.25. The molecule has 0 bridgehead atoms. The Morgan fingerprint density at radius 3 is 2.67 bits per heavy atom. The van der Waals surface area contributed by atoms with Gasteiger partial charge in [-0.3, -0.25) is 4.79 Å². The Balaban J connectivity index is 1.78. The van der Waals surface area contributed by atoms with Gasteiger partial charge in [-0.25, -0.2) is 8.42 Å². The van der Waals surface area contributed by atoms with Gasteiger partial charge in [-0.15, -0.1) is 0 Å². The highest BCUT2D eigenvalue weighted by atomic mass is 35.5. The van der Waals surface area contributed by atoms with Crippen LogP contribution in [0.15, 0.2) is 47.4 Å². The van der Waals surface area contributed by atoms with E-state index >= 15 is 0 Å². The van der Waals surface area contributed by atoms with Crippen LogP contribution in [0.2, 0.25) is 10.0 Å². The fourth-order valence-corrected chi connectivity index (χ4v) is 5.40. The van der Waals surface area contributed by atoms with E-state index in [2.05, 4.69) is 5.32 Å². The van der Waals surface area contributed by atoms with Gasteiger partial charge >= 0.3 is 0 Å². The summed E-state index contributed by atoms with van der Waals surface area (Å²) in [5, 5.41) is 3.32. The first-order valence-corrected chi connectivity index (χ1v) is 10.8. The quantitative estimate of drug-likeness (QED) is 0.790. The van der Waals surface area contributed by atoms with Crippen molar-refractivity contribution in [1.82, 2.24) is 4.31 Å². The van der Waals surface area contributed by atoms with E-state index in [0.29, 0.717) is 24.4 Å². The second-order valence-electron chi connectivity index (χ2n) is 6.58. The van der Waals surface area contributed by atoms with Crippen molar-refractivity contribution in [2.45, 2.75) is 24.7 Å². The van der Waals surface area contributed by atoms with Gasteiger partial charge in [0.2, 0.25) is 15.9 Å². The minimum absolute atomic E-state index is 0.0309. The predicted molar refractivity (Wildman–Crippen MR) is 108 cm³/mol. The number of halogens is 2. The average Bonchev–Trinajstić information content (AvgIpc) is 2.65. The summed E-state index contributed by atoms with van der Waals surface area (Å²) >= 11 is 12.0. The minimum Gasteiger partial charge on any atom is -0.326 e. The Morgan fingerprint density at radius 2 is 1.93 bits per heavy atom. The van der Waals surface area contributed by atoms with Crippen molar-refractivity contribution in [3.8, 4) is 0 Å². The summed E-state index contributed by atoms with van der Waals surface area (Å²) in [6.45, 7) is 2.37. The topological polar surface area (TPSA) is 66.5 Å². The lowest BCUT2D eigenvalue weighted by Crippen LogP contribution is -2.43. The summed E-state index contributed by atoms with van der Waals surface area (Å²) in [6.07, 6.45) is 1.23.